The molecule has 1 rings (SSSR count). The molecule has 0 spiro atoms. The predicted molar refractivity (Wildman–Crippen MR) is 92.7 cm³/mol. The van der Waals surface area contributed by atoms with Gasteiger partial charge in [0, 0.05) is 12.1 Å². The number of nitro groups is 1. The average Bonchev–Trinajstić information content (AvgIpc) is 2.53. The van der Waals surface area contributed by atoms with Gasteiger partial charge in [-0.05, 0) is 32.8 Å². The molecule has 8 heteroatoms. The Morgan fingerprint density at radius 2 is 2.00 bits per heavy atom. The number of nitrogens with one attached hydrogen (secondary N) is 1. The zero-order valence-corrected chi connectivity index (χ0v) is 15.4. The van der Waals surface area contributed by atoms with E-state index >= 15 is 0 Å². The molecule has 0 fully saturated rings. The summed E-state index contributed by atoms with van der Waals surface area (Å²) in [6, 6.07) is 6.02. The Labute approximate surface area is 144 Å². The van der Waals surface area contributed by atoms with Gasteiger partial charge in [-0.3, -0.25) is 14.9 Å². The summed E-state index contributed by atoms with van der Waals surface area (Å²) < 4.78 is 19.8. The monoisotopic (exact) mass is 356 g/mol. The fourth-order valence-corrected chi connectivity index (χ4v) is 3.16. The number of esters is 1. The molecular weight excluding hydrogens is 332 g/mol. The van der Waals surface area contributed by atoms with Crippen molar-refractivity contribution in [2.45, 2.75) is 50.8 Å². The van der Waals surface area contributed by atoms with Crippen molar-refractivity contribution in [1.29, 1.82) is 0 Å². The third-order valence-corrected chi connectivity index (χ3v) is 5.42. The van der Waals surface area contributed by atoms with Gasteiger partial charge in [0.15, 0.2) is 0 Å². The van der Waals surface area contributed by atoms with Gasteiger partial charge < -0.3 is 4.74 Å². The molecule has 24 heavy (non-hydrogen) atoms. The second-order valence-corrected chi connectivity index (χ2v) is 8.45. The van der Waals surface area contributed by atoms with Crippen molar-refractivity contribution in [3.05, 3.63) is 39.9 Å². The fraction of sp³-hybridized carbons (Fsp3) is 0.562. The molecule has 0 amide bonds. The van der Waals surface area contributed by atoms with Crippen molar-refractivity contribution in [3.8, 4) is 0 Å². The minimum absolute atomic E-state index is 0.0804. The lowest BCUT2D eigenvalue weighted by Crippen LogP contribution is -2.49. The summed E-state index contributed by atoms with van der Waals surface area (Å²) >= 11 is 0. The lowest BCUT2D eigenvalue weighted by atomic mass is 9.85. The summed E-state index contributed by atoms with van der Waals surface area (Å²) in [5, 5.41) is 11.1. The molecule has 0 bridgehead atoms. The first-order valence-electron chi connectivity index (χ1n) is 7.57. The summed E-state index contributed by atoms with van der Waals surface area (Å²) in [6.45, 7) is 7.25. The maximum Gasteiger partial charge on any atom is 0.307 e. The van der Waals surface area contributed by atoms with E-state index in [1.807, 2.05) is 27.7 Å². The van der Waals surface area contributed by atoms with Crippen LogP contribution in [-0.4, -0.2) is 27.0 Å². The number of carbonyl (C=O) groups is 1. The number of carbonyl (C=O) groups excluding carboxylic acids is 1. The Hall–Kier alpha value is -1.80. The predicted octanol–water partition coefficient (Wildman–Crippen LogP) is 2.82. The average molecular weight is 356 g/mol. The van der Waals surface area contributed by atoms with Crippen LogP contribution in [0, 0.1) is 10.1 Å². The molecule has 1 aromatic carbocycles. The van der Waals surface area contributed by atoms with Crippen LogP contribution in [0.1, 0.15) is 46.1 Å². The second-order valence-electron chi connectivity index (χ2n) is 6.48. The Balaban J connectivity index is 3.40. The van der Waals surface area contributed by atoms with E-state index in [1.165, 1.54) is 19.2 Å². The van der Waals surface area contributed by atoms with E-state index in [4.69, 9.17) is 4.74 Å². The third-order valence-electron chi connectivity index (χ3n) is 3.73. The summed E-state index contributed by atoms with van der Waals surface area (Å²) in [5.74, 6) is -0.484. The first-order valence-corrected chi connectivity index (χ1v) is 8.72. The van der Waals surface area contributed by atoms with Crippen molar-refractivity contribution in [1.82, 2.24) is 4.72 Å². The van der Waals surface area contributed by atoms with Crippen LogP contribution in [0.25, 0.3) is 0 Å². The van der Waals surface area contributed by atoms with E-state index in [9.17, 15) is 19.1 Å². The van der Waals surface area contributed by atoms with Gasteiger partial charge in [0.25, 0.3) is 5.69 Å². The number of methoxy groups -OCH3 is 1. The zero-order chi connectivity index (χ0) is 18.5. The maximum absolute atomic E-state index is 12.6. The van der Waals surface area contributed by atoms with Gasteiger partial charge in [0.05, 0.1) is 39.7 Å². The van der Waals surface area contributed by atoms with Gasteiger partial charge in [0.2, 0.25) is 0 Å². The van der Waals surface area contributed by atoms with Crippen LogP contribution in [0.4, 0.5) is 5.69 Å². The van der Waals surface area contributed by atoms with Crippen molar-refractivity contribution in [2.24, 2.45) is 0 Å². The standard InChI is InChI=1S/C16H24N2O5S/c1-6-16(11-14(19)23-5,17-24(22)15(2,3)4)12-8-7-9-13(10-12)18(20)21/h7-10,17H,6,11H2,1-5H3/t16-,24+/m0/s1. The number of nitro benzene ring substituents is 1. The summed E-state index contributed by atoms with van der Waals surface area (Å²) in [4.78, 5) is 22.5. The normalized spacial score (nSPS) is 15.4. The topological polar surface area (TPSA) is 98.5 Å². The van der Waals surface area contributed by atoms with Gasteiger partial charge in [-0.25, -0.2) is 8.93 Å². The van der Waals surface area contributed by atoms with Crippen molar-refractivity contribution in [3.63, 3.8) is 0 Å². The molecule has 0 saturated heterocycles. The molecular formula is C16H24N2O5S. The van der Waals surface area contributed by atoms with E-state index in [0.717, 1.165) is 0 Å². The maximum atomic E-state index is 12.6. The number of non-ortho nitro benzene ring substituents is 1. The van der Waals surface area contributed by atoms with Crippen LogP contribution < -0.4 is 4.72 Å². The molecule has 0 aliphatic carbocycles. The van der Waals surface area contributed by atoms with E-state index < -0.39 is 32.2 Å². The SMILES string of the molecule is CC[C@@](CC(=O)OC)(N[S@](=O)C(C)(C)C)c1cccc([N+](=O)[O-])c1. The summed E-state index contributed by atoms with van der Waals surface area (Å²) in [6.07, 6.45) is 0.327. The highest BCUT2D eigenvalue weighted by atomic mass is 32.2. The van der Waals surface area contributed by atoms with Gasteiger partial charge >= 0.3 is 5.97 Å². The lowest BCUT2D eigenvalue weighted by Gasteiger charge is -2.35. The second kappa shape index (κ2) is 7.85. The van der Waals surface area contributed by atoms with Gasteiger partial charge in [-0.1, -0.05) is 19.1 Å². The summed E-state index contributed by atoms with van der Waals surface area (Å²) in [5.41, 5.74) is -0.571. The number of rotatable bonds is 7. The molecule has 0 unspecified atom stereocenters. The number of benzene rings is 1. The number of hydrogen-bond acceptors (Lipinski definition) is 5. The number of hydrogen-bond donors (Lipinski definition) is 1. The molecule has 0 aliphatic rings. The molecule has 1 N–H and O–H groups in total. The molecule has 0 radical (unpaired) electrons. The molecule has 1 aromatic rings. The van der Waals surface area contributed by atoms with E-state index in [1.54, 1.807) is 12.1 Å². The quantitative estimate of drug-likeness (QED) is 0.460. The van der Waals surface area contributed by atoms with Gasteiger partial charge in [-0.2, -0.15) is 0 Å². The molecule has 134 valence electrons. The Morgan fingerprint density at radius 3 is 2.46 bits per heavy atom. The Kier molecular flexibility index (Phi) is 6.62. The molecule has 0 aromatic heterocycles. The van der Waals surface area contributed by atoms with Crippen LogP contribution in [0.2, 0.25) is 0 Å². The van der Waals surface area contributed by atoms with Crippen molar-refractivity contribution < 1.29 is 18.7 Å². The van der Waals surface area contributed by atoms with Crippen LogP contribution in [0.5, 0.6) is 0 Å². The zero-order valence-electron chi connectivity index (χ0n) is 14.6. The van der Waals surface area contributed by atoms with Gasteiger partial charge in [-0.15, -0.1) is 0 Å². The Morgan fingerprint density at radius 1 is 1.38 bits per heavy atom. The molecule has 2 atom stereocenters. The minimum atomic E-state index is -1.47. The molecule has 0 aliphatic heterocycles. The smallest absolute Gasteiger partial charge is 0.307 e. The highest BCUT2D eigenvalue weighted by molar-refractivity contribution is 7.84. The number of ether oxygens (including phenoxy) is 1. The molecule has 0 saturated carbocycles. The minimum Gasteiger partial charge on any atom is -0.469 e. The van der Waals surface area contributed by atoms with Gasteiger partial charge in [0.1, 0.15) is 0 Å². The van der Waals surface area contributed by atoms with Crippen LogP contribution in [-0.2, 0) is 26.1 Å². The fourth-order valence-electron chi connectivity index (χ4n) is 2.16. The van der Waals surface area contributed by atoms with Crippen LogP contribution in [0.3, 0.4) is 0 Å². The van der Waals surface area contributed by atoms with Crippen molar-refractivity contribution in [2.75, 3.05) is 7.11 Å². The largest absolute Gasteiger partial charge is 0.469 e. The lowest BCUT2D eigenvalue weighted by molar-refractivity contribution is -0.385. The summed E-state index contributed by atoms with van der Waals surface area (Å²) in [7, 11) is -0.196. The van der Waals surface area contributed by atoms with E-state index in [-0.39, 0.29) is 12.1 Å². The Bertz CT molecular complexity index is 642. The third kappa shape index (κ3) is 4.85. The highest BCUT2D eigenvalue weighted by Gasteiger charge is 2.38. The molecule has 7 nitrogen and oxygen atoms in total. The van der Waals surface area contributed by atoms with E-state index in [2.05, 4.69) is 4.72 Å². The first kappa shape index (κ1) is 20.2. The van der Waals surface area contributed by atoms with Crippen molar-refractivity contribution >= 4 is 22.6 Å². The van der Waals surface area contributed by atoms with E-state index in [0.29, 0.717) is 12.0 Å². The number of nitrogens with zero attached hydrogens (tertiary/aromatic N) is 1. The van der Waals surface area contributed by atoms with Crippen LogP contribution >= 0.6 is 0 Å². The van der Waals surface area contributed by atoms with Crippen LogP contribution in [0.15, 0.2) is 24.3 Å². The highest BCUT2D eigenvalue weighted by Crippen LogP contribution is 2.33. The molecule has 0 heterocycles. The first-order chi connectivity index (χ1) is 11.1.